The van der Waals surface area contributed by atoms with E-state index < -0.39 is 11.8 Å². The number of benzene rings is 1. The second-order valence-corrected chi connectivity index (χ2v) is 6.98. The summed E-state index contributed by atoms with van der Waals surface area (Å²) >= 11 is 7.27. The van der Waals surface area contributed by atoms with Gasteiger partial charge in [0.05, 0.1) is 17.1 Å². The third-order valence-electron chi connectivity index (χ3n) is 3.45. The molecule has 2 N–H and O–H groups in total. The number of ether oxygens (including phenoxy) is 2. The highest BCUT2D eigenvalue weighted by Crippen LogP contribution is 2.28. The first kappa shape index (κ1) is 19.2. The molecule has 134 valence electrons. The molecule has 0 bridgehead atoms. The summed E-state index contributed by atoms with van der Waals surface area (Å²) in [7, 11) is 3.03. The Morgan fingerprint density at radius 3 is 2.56 bits per heavy atom. The lowest BCUT2D eigenvalue weighted by Gasteiger charge is -2.15. The highest BCUT2D eigenvalue weighted by Gasteiger charge is 2.19. The van der Waals surface area contributed by atoms with Gasteiger partial charge in [-0.3, -0.25) is 9.59 Å². The van der Waals surface area contributed by atoms with Crippen molar-refractivity contribution in [3.63, 3.8) is 0 Å². The van der Waals surface area contributed by atoms with Crippen LogP contribution in [0.4, 0.5) is 5.69 Å². The molecule has 0 saturated heterocycles. The molecule has 2 rings (SSSR count). The van der Waals surface area contributed by atoms with Crippen LogP contribution in [0.25, 0.3) is 0 Å². The molecule has 2 amide bonds. The Labute approximate surface area is 155 Å². The van der Waals surface area contributed by atoms with Crippen molar-refractivity contribution in [2.45, 2.75) is 13.0 Å². The maximum Gasteiger partial charge on any atom is 0.313 e. The summed E-state index contributed by atoms with van der Waals surface area (Å²) < 4.78 is 11.1. The minimum atomic E-state index is -0.775. The SMILES string of the molecule is COc1ccc(C)cc1NC(=O)C(=O)NCC(OC)c1ccc(Cl)s1. The van der Waals surface area contributed by atoms with Crippen molar-refractivity contribution >= 4 is 40.4 Å². The fourth-order valence-electron chi connectivity index (χ4n) is 2.17. The number of rotatable bonds is 6. The predicted octanol–water partition coefficient (Wildman–Crippen LogP) is 3.16. The van der Waals surface area contributed by atoms with Crippen LogP contribution in [0.2, 0.25) is 4.34 Å². The Kier molecular flexibility index (Phi) is 6.81. The molecule has 1 heterocycles. The maximum absolute atomic E-state index is 12.1. The molecule has 0 fully saturated rings. The smallest absolute Gasteiger partial charge is 0.313 e. The van der Waals surface area contributed by atoms with Crippen molar-refractivity contribution in [2.75, 3.05) is 26.1 Å². The highest BCUT2D eigenvalue weighted by molar-refractivity contribution is 7.16. The van der Waals surface area contributed by atoms with Crippen LogP contribution in [0.1, 0.15) is 16.5 Å². The van der Waals surface area contributed by atoms with Crippen molar-refractivity contribution in [3.8, 4) is 5.75 Å². The van der Waals surface area contributed by atoms with Crippen LogP contribution in [0.3, 0.4) is 0 Å². The van der Waals surface area contributed by atoms with E-state index in [0.717, 1.165) is 10.4 Å². The van der Waals surface area contributed by atoms with Crippen molar-refractivity contribution < 1.29 is 19.1 Å². The van der Waals surface area contributed by atoms with Crippen LogP contribution in [0.15, 0.2) is 30.3 Å². The zero-order valence-corrected chi connectivity index (χ0v) is 15.7. The van der Waals surface area contributed by atoms with E-state index in [1.165, 1.54) is 25.6 Å². The largest absolute Gasteiger partial charge is 0.495 e. The number of anilines is 1. The number of methoxy groups -OCH3 is 2. The lowest BCUT2D eigenvalue weighted by atomic mass is 10.2. The average Bonchev–Trinajstić information content (AvgIpc) is 3.01. The third-order valence-corrected chi connectivity index (χ3v) is 4.78. The Morgan fingerprint density at radius 1 is 1.20 bits per heavy atom. The zero-order chi connectivity index (χ0) is 18.4. The molecule has 0 aliphatic heterocycles. The standard InChI is InChI=1S/C17H19ClN2O4S/c1-10-4-5-12(23-2)11(8-10)20-17(22)16(21)19-9-13(24-3)14-6-7-15(18)25-14/h4-8,13H,9H2,1-3H3,(H,19,21)(H,20,22). The van der Waals surface area contributed by atoms with Crippen LogP contribution in [-0.2, 0) is 14.3 Å². The summed E-state index contributed by atoms with van der Waals surface area (Å²) in [5.74, 6) is -1.05. The monoisotopic (exact) mass is 382 g/mol. The molecule has 0 aliphatic rings. The van der Waals surface area contributed by atoms with Gasteiger partial charge in [-0.15, -0.1) is 11.3 Å². The number of amides is 2. The molecule has 0 spiro atoms. The second kappa shape index (κ2) is 8.84. The fraction of sp³-hybridized carbons (Fsp3) is 0.294. The van der Waals surface area contributed by atoms with E-state index in [0.29, 0.717) is 15.8 Å². The summed E-state index contributed by atoms with van der Waals surface area (Å²) in [6, 6.07) is 8.89. The van der Waals surface area contributed by atoms with Gasteiger partial charge >= 0.3 is 11.8 Å². The first-order valence-corrected chi connectivity index (χ1v) is 8.66. The molecule has 6 nitrogen and oxygen atoms in total. The Bertz CT molecular complexity index is 763. The third kappa shape index (κ3) is 5.19. The zero-order valence-electron chi connectivity index (χ0n) is 14.1. The summed E-state index contributed by atoms with van der Waals surface area (Å²) in [5, 5.41) is 5.11. The minimum absolute atomic E-state index is 0.157. The number of carbonyl (C=O) groups excluding carboxylic acids is 2. The fourth-order valence-corrected chi connectivity index (χ4v) is 3.30. The molecule has 25 heavy (non-hydrogen) atoms. The van der Waals surface area contributed by atoms with Gasteiger partial charge in [0.25, 0.3) is 0 Å². The second-order valence-electron chi connectivity index (χ2n) is 5.23. The molecule has 1 aromatic heterocycles. The molecular weight excluding hydrogens is 364 g/mol. The van der Waals surface area contributed by atoms with E-state index in [2.05, 4.69) is 10.6 Å². The van der Waals surface area contributed by atoms with Gasteiger partial charge in [-0.05, 0) is 36.8 Å². The Balaban J connectivity index is 1.96. The molecule has 0 aliphatic carbocycles. The van der Waals surface area contributed by atoms with Crippen molar-refractivity contribution in [2.24, 2.45) is 0 Å². The van der Waals surface area contributed by atoms with Crippen LogP contribution < -0.4 is 15.4 Å². The number of nitrogens with one attached hydrogen (secondary N) is 2. The van der Waals surface area contributed by atoms with Crippen LogP contribution in [-0.4, -0.2) is 32.6 Å². The Morgan fingerprint density at radius 2 is 1.96 bits per heavy atom. The van der Waals surface area contributed by atoms with Gasteiger partial charge in [-0.1, -0.05) is 17.7 Å². The molecular formula is C17H19ClN2O4S. The molecule has 0 saturated carbocycles. The van der Waals surface area contributed by atoms with E-state index >= 15 is 0 Å². The van der Waals surface area contributed by atoms with Crippen molar-refractivity contribution in [3.05, 3.63) is 45.1 Å². The average molecular weight is 383 g/mol. The first-order chi connectivity index (χ1) is 11.9. The molecule has 1 unspecified atom stereocenters. The van der Waals surface area contributed by atoms with E-state index in [4.69, 9.17) is 21.1 Å². The number of hydrogen-bond acceptors (Lipinski definition) is 5. The highest BCUT2D eigenvalue weighted by atomic mass is 35.5. The van der Waals surface area contributed by atoms with Gasteiger partial charge in [-0.2, -0.15) is 0 Å². The maximum atomic E-state index is 12.1. The van der Waals surface area contributed by atoms with Crippen molar-refractivity contribution in [1.29, 1.82) is 0 Å². The van der Waals surface area contributed by atoms with E-state index in [1.807, 2.05) is 19.1 Å². The molecule has 0 radical (unpaired) electrons. The Hall–Kier alpha value is -2.09. The lowest BCUT2D eigenvalue weighted by molar-refractivity contribution is -0.136. The van der Waals surface area contributed by atoms with Crippen LogP contribution in [0, 0.1) is 6.92 Å². The summed E-state index contributed by atoms with van der Waals surface area (Å²) in [6.45, 7) is 2.04. The normalized spacial score (nSPS) is 11.7. The minimum Gasteiger partial charge on any atom is -0.495 e. The van der Waals surface area contributed by atoms with E-state index in [9.17, 15) is 9.59 Å². The summed E-state index contributed by atoms with van der Waals surface area (Å²) in [5.41, 5.74) is 1.38. The van der Waals surface area contributed by atoms with E-state index in [-0.39, 0.29) is 12.6 Å². The predicted molar refractivity (Wildman–Crippen MR) is 98.4 cm³/mol. The van der Waals surface area contributed by atoms with Crippen LogP contribution >= 0.6 is 22.9 Å². The van der Waals surface area contributed by atoms with Gasteiger partial charge in [0.2, 0.25) is 0 Å². The van der Waals surface area contributed by atoms with Gasteiger partial charge < -0.3 is 20.1 Å². The molecule has 1 atom stereocenters. The number of thiophene rings is 1. The van der Waals surface area contributed by atoms with Gasteiger partial charge in [0.15, 0.2) is 0 Å². The molecule has 1 aromatic carbocycles. The summed E-state index contributed by atoms with van der Waals surface area (Å²) in [6.07, 6.45) is -0.372. The van der Waals surface area contributed by atoms with Gasteiger partial charge in [0.1, 0.15) is 11.9 Å². The van der Waals surface area contributed by atoms with Gasteiger partial charge in [0, 0.05) is 18.5 Å². The lowest BCUT2D eigenvalue weighted by Crippen LogP contribution is -2.37. The van der Waals surface area contributed by atoms with Crippen LogP contribution in [0.5, 0.6) is 5.75 Å². The van der Waals surface area contributed by atoms with E-state index in [1.54, 1.807) is 18.2 Å². The van der Waals surface area contributed by atoms with Crippen molar-refractivity contribution in [1.82, 2.24) is 5.32 Å². The topological polar surface area (TPSA) is 76.7 Å². The number of aryl methyl sites for hydroxylation is 1. The number of halogens is 1. The quantitative estimate of drug-likeness (QED) is 0.752. The van der Waals surface area contributed by atoms with Gasteiger partial charge in [-0.25, -0.2) is 0 Å². The first-order valence-electron chi connectivity index (χ1n) is 7.46. The summed E-state index contributed by atoms with van der Waals surface area (Å²) in [4.78, 5) is 25.0. The number of carbonyl (C=O) groups is 2. The molecule has 8 heteroatoms. The number of hydrogen-bond donors (Lipinski definition) is 2. The molecule has 2 aromatic rings.